The van der Waals surface area contributed by atoms with E-state index in [0.717, 1.165) is 6.07 Å². The second-order valence-corrected chi connectivity index (χ2v) is 2.80. The number of pyridine rings is 1. The average Bonchev–Trinajstić information content (AvgIpc) is 2.01. The number of rotatable bonds is 1. The van der Waals surface area contributed by atoms with Gasteiger partial charge in [0.15, 0.2) is 0 Å². The highest BCUT2D eigenvalue weighted by Crippen LogP contribution is 2.32. The van der Waals surface area contributed by atoms with Crippen LogP contribution >= 0.6 is 0 Å². The van der Waals surface area contributed by atoms with E-state index in [0.29, 0.717) is 5.69 Å². The van der Waals surface area contributed by atoms with Gasteiger partial charge in [-0.2, -0.15) is 13.2 Å². The van der Waals surface area contributed by atoms with E-state index in [1.54, 1.807) is 7.05 Å². The van der Waals surface area contributed by atoms with Gasteiger partial charge in [-0.15, -0.1) is 0 Å². The van der Waals surface area contributed by atoms with Crippen molar-refractivity contribution in [3.05, 3.63) is 17.5 Å². The fraction of sp³-hybridized carbons (Fsp3) is 0.375. The topological polar surface area (TPSA) is 50.9 Å². The summed E-state index contributed by atoms with van der Waals surface area (Å²) in [7, 11) is 1.58. The van der Waals surface area contributed by atoms with E-state index in [9.17, 15) is 13.2 Å². The number of hydrogen-bond donors (Lipinski definition) is 2. The van der Waals surface area contributed by atoms with Crippen molar-refractivity contribution < 1.29 is 13.2 Å². The molecule has 78 valence electrons. The number of aromatic nitrogens is 1. The molecular formula is C8H10F3N3. The van der Waals surface area contributed by atoms with Crippen molar-refractivity contribution in [1.82, 2.24) is 4.98 Å². The van der Waals surface area contributed by atoms with Crippen LogP contribution in [0, 0.1) is 6.92 Å². The highest BCUT2D eigenvalue weighted by molar-refractivity contribution is 5.68. The van der Waals surface area contributed by atoms with Gasteiger partial charge < -0.3 is 11.1 Å². The Kier molecular flexibility index (Phi) is 2.55. The van der Waals surface area contributed by atoms with Crippen LogP contribution in [-0.4, -0.2) is 12.0 Å². The minimum Gasteiger partial charge on any atom is -0.397 e. The molecule has 0 aliphatic rings. The van der Waals surface area contributed by atoms with Crippen LogP contribution in [0.5, 0.6) is 0 Å². The SMILES string of the molecule is CNc1c(N)cc(C(F)(F)F)nc1C. The molecule has 0 amide bonds. The molecule has 3 nitrogen and oxygen atoms in total. The summed E-state index contributed by atoms with van der Waals surface area (Å²) >= 11 is 0. The molecule has 0 atom stereocenters. The molecule has 1 aromatic rings. The third-order valence-electron chi connectivity index (χ3n) is 1.77. The Balaban J connectivity index is 3.28. The van der Waals surface area contributed by atoms with Crippen molar-refractivity contribution in [2.45, 2.75) is 13.1 Å². The van der Waals surface area contributed by atoms with E-state index >= 15 is 0 Å². The molecule has 0 aromatic carbocycles. The molecule has 14 heavy (non-hydrogen) atoms. The number of halogens is 3. The zero-order valence-corrected chi connectivity index (χ0v) is 7.74. The second kappa shape index (κ2) is 3.36. The van der Waals surface area contributed by atoms with Crippen LogP contribution in [0.3, 0.4) is 0 Å². The number of nitrogens with one attached hydrogen (secondary N) is 1. The van der Waals surface area contributed by atoms with Crippen molar-refractivity contribution in [1.29, 1.82) is 0 Å². The Morgan fingerprint density at radius 3 is 2.36 bits per heavy atom. The van der Waals surface area contributed by atoms with Crippen LogP contribution in [0.15, 0.2) is 6.07 Å². The van der Waals surface area contributed by atoms with E-state index in [1.807, 2.05) is 0 Å². The first kappa shape index (κ1) is 10.6. The predicted molar refractivity (Wildman–Crippen MR) is 47.9 cm³/mol. The highest BCUT2D eigenvalue weighted by atomic mass is 19.4. The number of alkyl halides is 3. The predicted octanol–water partition coefficient (Wildman–Crippen LogP) is 2.03. The van der Waals surface area contributed by atoms with Crippen molar-refractivity contribution in [3.8, 4) is 0 Å². The van der Waals surface area contributed by atoms with Gasteiger partial charge in [-0.1, -0.05) is 0 Å². The summed E-state index contributed by atoms with van der Waals surface area (Å²) in [6.45, 7) is 1.47. The third-order valence-corrected chi connectivity index (χ3v) is 1.77. The van der Waals surface area contributed by atoms with Gasteiger partial charge in [-0.05, 0) is 13.0 Å². The zero-order valence-electron chi connectivity index (χ0n) is 7.74. The van der Waals surface area contributed by atoms with Gasteiger partial charge in [-0.25, -0.2) is 4.98 Å². The summed E-state index contributed by atoms with van der Waals surface area (Å²) in [5.41, 5.74) is 5.17. The minimum atomic E-state index is -4.45. The van der Waals surface area contributed by atoms with Crippen LogP contribution in [-0.2, 0) is 6.18 Å². The maximum absolute atomic E-state index is 12.2. The Morgan fingerprint density at radius 1 is 1.43 bits per heavy atom. The van der Waals surface area contributed by atoms with Gasteiger partial charge in [0.1, 0.15) is 5.69 Å². The second-order valence-electron chi connectivity index (χ2n) is 2.80. The fourth-order valence-corrected chi connectivity index (χ4v) is 1.17. The third kappa shape index (κ3) is 1.89. The normalized spacial score (nSPS) is 11.5. The lowest BCUT2D eigenvalue weighted by Gasteiger charge is -2.12. The molecule has 1 rings (SSSR count). The summed E-state index contributed by atoms with van der Waals surface area (Å²) < 4.78 is 36.7. The van der Waals surface area contributed by atoms with E-state index in [4.69, 9.17) is 5.73 Å². The molecule has 0 spiro atoms. The van der Waals surface area contributed by atoms with E-state index in [2.05, 4.69) is 10.3 Å². The Bertz CT molecular complexity index is 323. The number of nitrogens with zero attached hydrogens (tertiary/aromatic N) is 1. The Labute approximate surface area is 79.1 Å². The van der Waals surface area contributed by atoms with Crippen molar-refractivity contribution in [2.24, 2.45) is 0 Å². The lowest BCUT2D eigenvalue weighted by atomic mass is 10.2. The van der Waals surface area contributed by atoms with Gasteiger partial charge in [-0.3, -0.25) is 0 Å². The molecule has 3 N–H and O–H groups in total. The molecule has 0 aliphatic heterocycles. The van der Waals surface area contributed by atoms with Crippen LogP contribution in [0.4, 0.5) is 24.5 Å². The first-order valence-corrected chi connectivity index (χ1v) is 3.88. The van der Waals surface area contributed by atoms with E-state index in [-0.39, 0.29) is 11.4 Å². The van der Waals surface area contributed by atoms with E-state index in [1.165, 1.54) is 6.92 Å². The Morgan fingerprint density at radius 2 is 2.00 bits per heavy atom. The van der Waals surface area contributed by atoms with Gasteiger partial charge in [0, 0.05) is 7.05 Å². The molecule has 6 heteroatoms. The summed E-state index contributed by atoms with van der Waals surface area (Å²) in [4.78, 5) is 3.41. The largest absolute Gasteiger partial charge is 0.433 e. The van der Waals surface area contributed by atoms with Crippen molar-refractivity contribution in [3.63, 3.8) is 0 Å². The van der Waals surface area contributed by atoms with Crippen LogP contribution in [0.1, 0.15) is 11.4 Å². The molecule has 0 fully saturated rings. The first-order chi connectivity index (χ1) is 6.36. The quantitative estimate of drug-likeness (QED) is 0.737. The summed E-state index contributed by atoms with van der Waals surface area (Å²) in [5, 5.41) is 2.69. The molecule has 1 aromatic heterocycles. The molecule has 0 radical (unpaired) electrons. The van der Waals surface area contributed by atoms with Gasteiger partial charge in [0.25, 0.3) is 0 Å². The number of anilines is 2. The number of aryl methyl sites for hydroxylation is 1. The number of hydrogen-bond acceptors (Lipinski definition) is 3. The monoisotopic (exact) mass is 205 g/mol. The van der Waals surface area contributed by atoms with Crippen molar-refractivity contribution in [2.75, 3.05) is 18.1 Å². The number of nitrogens with two attached hydrogens (primary N) is 1. The van der Waals surface area contributed by atoms with Crippen LogP contribution in [0.25, 0.3) is 0 Å². The number of nitrogen functional groups attached to an aromatic ring is 1. The first-order valence-electron chi connectivity index (χ1n) is 3.88. The van der Waals surface area contributed by atoms with Crippen LogP contribution < -0.4 is 11.1 Å². The molecule has 0 aliphatic carbocycles. The van der Waals surface area contributed by atoms with Gasteiger partial charge in [0.05, 0.1) is 17.1 Å². The van der Waals surface area contributed by atoms with Crippen molar-refractivity contribution >= 4 is 11.4 Å². The molecule has 0 saturated heterocycles. The van der Waals surface area contributed by atoms with E-state index < -0.39 is 11.9 Å². The van der Waals surface area contributed by atoms with Gasteiger partial charge >= 0.3 is 6.18 Å². The lowest BCUT2D eigenvalue weighted by molar-refractivity contribution is -0.141. The molecule has 1 heterocycles. The maximum atomic E-state index is 12.2. The minimum absolute atomic E-state index is 0.0484. The molecule has 0 unspecified atom stereocenters. The highest BCUT2D eigenvalue weighted by Gasteiger charge is 2.33. The molecule has 0 bridgehead atoms. The van der Waals surface area contributed by atoms with Crippen LogP contribution in [0.2, 0.25) is 0 Å². The fourth-order valence-electron chi connectivity index (χ4n) is 1.17. The Hall–Kier alpha value is -1.46. The molecule has 0 saturated carbocycles. The average molecular weight is 205 g/mol. The standard InChI is InChI=1S/C8H10F3N3/c1-4-7(13-2)5(12)3-6(14-4)8(9,10)11/h3,13H,1-2H3,(H2,12,14). The summed E-state index contributed by atoms with van der Waals surface area (Å²) in [5.74, 6) is 0. The zero-order chi connectivity index (χ0) is 10.9. The summed E-state index contributed by atoms with van der Waals surface area (Å²) in [6.07, 6.45) is -4.45. The van der Waals surface area contributed by atoms with Gasteiger partial charge in [0.2, 0.25) is 0 Å². The smallest absolute Gasteiger partial charge is 0.397 e. The lowest BCUT2D eigenvalue weighted by Crippen LogP contribution is -2.11. The maximum Gasteiger partial charge on any atom is 0.433 e. The molecular weight excluding hydrogens is 195 g/mol. The summed E-state index contributed by atoms with van der Waals surface area (Å²) in [6, 6.07) is 0.818.